The Balaban J connectivity index is 1.26. The van der Waals surface area contributed by atoms with Gasteiger partial charge in [0.2, 0.25) is 5.91 Å². The van der Waals surface area contributed by atoms with Gasteiger partial charge in [-0.15, -0.1) is 0 Å². The molecular formula is C21H27N5O3. The normalized spacial score (nSPS) is 18.9. The summed E-state index contributed by atoms with van der Waals surface area (Å²) in [5, 5.41) is 0. The summed E-state index contributed by atoms with van der Waals surface area (Å²) in [7, 11) is 0. The average molecular weight is 397 g/mol. The van der Waals surface area contributed by atoms with Crippen LogP contribution in [0.4, 0.5) is 0 Å². The van der Waals surface area contributed by atoms with Gasteiger partial charge in [-0.25, -0.2) is 4.98 Å². The molecule has 2 aliphatic heterocycles. The first kappa shape index (κ1) is 19.7. The fourth-order valence-corrected chi connectivity index (χ4v) is 3.95. The first-order valence-corrected chi connectivity index (χ1v) is 10.2. The highest BCUT2D eigenvalue weighted by atomic mass is 16.5. The molecule has 0 atom stereocenters. The molecular weight excluding hydrogens is 370 g/mol. The Bertz CT molecular complexity index is 877. The predicted molar refractivity (Wildman–Crippen MR) is 108 cm³/mol. The van der Waals surface area contributed by atoms with E-state index in [2.05, 4.69) is 14.9 Å². The molecule has 0 N–H and O–H groups in total. The van der Waals surface area contributed by atoms with Gasteiger partial charge in [-0.2, -0.15) is 0 Å². The maximum absolute atomic E-state index is 12.5. The Hall–Kier alpha value is -2.58. The van der Waals surface area contributed by atoms with Gasteiger partial charge >= 0.3 is 0 Å². The van der Waals surface area contributed by atoms with Crippen LogP contribution in [0.15, 0.2) is 41.7 Å². The number of hydrogen-bond acceptors (Lipinski definition) is 6. The molecule has 2 saturated heterocycles. The van der Waals surface area contributed by atoms with Gasteiger partial charge in [0.05, 0.1) is 18.6 Å². The SMILES string of the molecule is O=C1COCCN1CCN1CCC(Cn2cnc(-c3cccnc3)cc2=O)CC1. The van der Waals surface area contributed by atoms with Crippen molar-refractivity contribution in [3.8, 4) is 11.3 Å². The van der Waals surface area contributed by atoms with Crippen LogP contribution in [0.1, 0.15) is 12.8 Å². The lowest BCUT2D eigenvalue weighted by Gasteiger charge is -2.34. The average Bonchev–Trinajstić information content (AvgIpc) is 2.76. The fraction of sp³-hybridized carbons (Fsp3) is 0.524. The minimum absolute atomic E-state index is 0.0212. The van der Waals surface area contributed by atoms with Gasteiger partial charge in [-0.3, -0.25) is 19.1 Å². The summed E-state index contributed by atoms with van der Waals surface area (Å²) >= 11 is 0. The maximum atomic E-state index is 12.5. The van der Waals surface area contributed by atoms with Crippen molar-refractivity contribution >= 4 is 5.91 Å². The number of amides is 1. The van der Waals surface area contributed by atoms with E-state index in [4.69, 9.17) is 4.74 Å². The lowest BCUT2D eigenvalue weighted by Crippen LogP contribution is -2.46. The van der Waals surface area contributed by atoms with Crippen LogP contribution in [0, 0.1) is 5.92 Å². The lowest BCUT2D eigenvalue weighted by atomic mass is 9.96. The molecule has 2 aromatic rings. The molecule has 4 rings (SSSR count). The molecule has 0 bridgehead atoms. The molecule has 0 aromatic carbocycles. The van der Waals surface area contributed by atoms with Gasteiger partial charge in [0.25, 0.3) is 5.56 Å². The van der Waals surface area contributed by atoms with Crippen LogP contribution in [0.25, 0.3) is 11.3 Å². The van der Waals surface area contributed by atoms with E-state index in [0.717, 1.165) is 44.6 Å². The van der Waals surface area contributed by atoms with E-state index in [1.165, 1.54) is 0 Å². The van der Waals surface area contributed by atoms with E-state index in [1.54, 1.807) is 29.4 Å². The molecule has 0 aliphatic carbocycles. The van der Waals surface area contributed by atoms with Gasteiger partial charge in [-0.05, 0) is 44.0 Å². The number of hydrogen-bond donors (Lipinski definition) is 0. The van der Waals surface area contributed by atoms with E-state index >= 15 is 0 Å². The highest BCUT2D eigenvalue weighted by Gasteiger charge is 2.23. The van der Waals surface area contributed by atoms with Crippen molar-refractivity contribution in [2.75, 3.05) is 45.9 Å². The summed E-state index contributed by atoms with van der Waals surface area (Å²) in [6.07, 6.45) is 7.17. The molecule has 154 valence electrons. The van der Waals surface area contributed by atoms with Crippen molar-refractivity contribution in [1.29, 1.82) is 0 Å². The molecule has 0 spiro atoms. The highest BCUT2D eigenvalue weighted by Crippen LogP contribution is 2.19. The van der Waals surface area contributed by atoms with Gasteiger partial charge in [0.1, 0.15) is 6.61 Å². The predicted octanol–water partition coefficient (Wildman–Crippen LogP) is 0.876. The molecule has 2 aliphatic rings. The summed E-state index contributed by atoms with van der Waals surface area (Å²) in [6, 6.07) is 5.33. The van der Waals surface area contributed by atoms with Crippen LogP contribution in [-0.4, -0.2) is 76.2 Å². The van der Waals surface area contributed by atoms with Crippen molar-refractivity contribution < 1.29 is 9.53 Å². The Labute approximate surface area is 170 Å². The smallest absolute Gasteiger partial charge is 0.253 e. The summed E-state index contributed by atoms with van der Waals surface area (Å²) < 4.78 is 6.89. The molecule has 0 radical (unpaired) electrons. The maximum Gasteiger partial charge on any atom is 0.253 e. The van der Waals surface area contributed by atoms with E-state index < -0.39 is 0 Å². The van der Waals surface area contributed by atoms with Crippen molar-refractivity contribution in [3.63, 3.8) is 0 Å². The molecule has 8 nitrogen and oxygen atoms in total. The molecule has 8 heteroatoms. The van der Waals surface area contributed by atoms with Crippen LogP contribution < -0.4 is 5.56 Å². The standard InChI is InChI=1S/C21H27N5O3/c27-20-12-19(18-2-1-5-22-13-18)23-16-26(20)14-17-3-6-24(7-4-17)8-9-25-10-11-29-15-21(25)28/h1-2,5,12-13,16-17H,3-4,6-11,14-15H2. The minimum Gasteiger partial charge on any atom is -0.370 e. The number of aromatic nitrogens is 3. The third-order valence-corrected chi connectivity index (χ3v) is 5.77. The Morgan fingerprint density at radius 3 is 2.72 bits per heavy atom. The lowest BCUT2D eigenvalue weighted by molar-refractivity contribution is -0.142. The van der Waals surface area contributed by atoms with Crippen LogP contribution in [0.3, 0.4) is 0 Å². The molecule has 1 amide bonds. The second-order valence-electron chi connectivity index (χ2n) is 7.72. The highest BCUT2D eigenvalue weighted by molar-refractivity contribution is 5.77. The summed E-state index contributed by atoms with van der Waals surface area (Å²) in [5.74, 6) is 0.563. The van der Waals surface area contributed by atoms with E-state index in [-0.39, 0.29) is 18.1 Å². The summed E-state index contributed by atoms with van der Waals surface area (Å²) in [4.78, 5) is 37.1. The van der Waals surface area contributed by atoms with E-state index in [0.29, 0.717) is 31.3 Å². The van der Waals surface area contributed by atoms with E-state index in [9.17, 15) is 9.59 Å². The van der Waals surface area contributed by atoms with Crippen molar-refractivity contribution in [2.24, 2.45) is 5.92 Å². The zero-order chi connectivity index (χ0) is 20.1. The van der Waals surface area contributed by atoms with Gasteiger partial charge in [-0.1, -0.05) is 0 Å². The molecule has 0 saturated carbocycles. The van der Waals surface area contributed by atoms with Crippen LogP contribution >= 0.6 is 0 Å². The molecule has 4 heterocycles. The Kier molecular flexibility index (Phi) is 6.31. The Morgan fingerprint density at radius 2 is 2.00 bits per heavy atom. The zero-order valence-electron chi connectivity index (χ0n) is 16.6. The van der Waals surface area contributed by atoms with Gasteiger partial charge in [0.15, 0.2) is 0 Å². The number of carbonyl (C=O) groups is 1. The first-order valence-electron chi connectivity index (χ1n) is 10.2. The van der Waals surface area contributed by atoms with Crippen LogP contribution in [-0.2, 0) is 16.1 Å². The number of rotatable bonds is 6. The van der Waals surface area contributed by atoms with Crippen molar-refractivity contribution in [1.82, 2.24) is 24.3 Å². The van der Waals surface area contributed by atoms with Gasteiger partial charge < -0.3 is 14.5 Å². The number of nitrogens with zero attached hydrogens (tertiary/aromatic N) is 5. The number of carbonyl (C=O) groups excluding carboxylic acids is 1. The second kappa shape index (κ2) is 9.28. The number of pyridine rings is 1. The minimum atomic E-state index is -0.0212. The first-order chi connectivity index (χ1) is 14.2. The number of piperidine rings is 1. The third-order valence-electron chi connectivity index (χ3n) is 5.77. The summed E-state index contributed by atoms with van der Waals surface area (Å²) in [5.41, 5.74) is 1.49. The second-order valence-corrected chi connectivity index (χ2v) is 7.72. The van der Waals surface area contributed by atoms with Crippen LogP contribution in [0.2, 0.25) is 0 Å². The van der Waals surface area contributed by atoms with Crippen LogP contribution in [0.5, 0.6) is 0 Å². The monoisotopic (exact) mass is 397 g/mol. The van der Waals surface area contributed by atoms with Crippen molar-refractivity contribution in [3.05, 3.63) is 47.3 Å². The largest absolute Gasteiger partial charge is 0.370 e. The summed E-state index contributed by atoms with van der Waals surface area (Å²) in [6.45, 7) is 5.92. The zero-order valence-corrected chi connectivity index (χ0v) is 16.6. The van der Waals surface area contributed by atoms with E-state index in [1.807, 2.05) is 17.0 Å². The topological polar surface area (TPSA) is 80.6 Å². The Morgan fingerprint density at radius 1 is 1.14 bits per heavy atom. The van der Waals surface area contributed by atoms with Gasteiger partial charge in [0, 0.05) is 50.2 Å². The number of ether oxygens (including phenoxy) is 1. The van der Waals surface area contributed by atoms with Crippen molar-refractivity contribution in [2.45, 2.75) is 19.4 Å². The molecule has 29 heavy (non-hydrogen) atoms. The fourth-order valence-electron chi connectivity index (χ4n) is 3.95. The molecule has 2 fully saturated rings. The third kappa shape index (κ3) is 5.07. The molecule has 0 unspecified atom stereocenters. The number of morpholine rings is 1. The number of likely N-dealkylation sites (tertiary alicyclic amines) is 1. The quantitative estimate of drug-likeness (QED) is 0.720. The molecule has 2 aromatic heterocycles.